The molecule has 126 valence electrons. The van der Waals surface area contributed by atoms with Crippen LogP contribution in [0.5, 0.6) is 5.75 Å². The lowest BCUT2D eigenvalue weighted by molar-refractivity contribution is -0.00673. The molecule has 0 radical (unpaired) electrons. The second-order valence-electron chi connectivity index (χ2n) is 9.31. The van der Waals surface area contributed by atoms with Gasteiger partial charge in [0.05, 0.1) is 0 Å². The summed E-state index contributed by atoms with van der Waals surface area (Å²) in [4.78, 5) is 0. The maximum Gasteiger partial charge on any atom is 0.115 e. The van der Waals surface area contributed by atoms with E-state index >= 15 is 0 Å². The monoisotopic (exact) mass is 312 g/mol. The van der Waals surface area contributed by atoms with Crippen molar-refractivity contribution in [3.8, 4) is 5.75 Å². The van der Waals surface area contributed by atoms with E-state index in [4.69, 9.17) is 0 Å². The Bertz CT molecular complexity index is 604. The molecule has 0 amide bonds. The standard InChI is InChI=1S/C22H32O/c1-13(2)19-12-15-11-16(23)6-7-17(15)18-9-10-22(4)14(3)5-8-20(22)21(18)19/h6-7,11,13-14,18-21,23H,5,8-10,12H2,1-4H3/t14-,18+,19-,20-,21-,22+/m0/s1. The zero-order chi connectivity index (χ0) is 16.4. The highest BCUT2D eigenvalue weighted by atomic mass is 16.3. The number of hydrogen-bond donors (Lipinski definition) is 1. The van der Waals surface area contributed by atoms with Crippen LogP contribution in [0, 0.1) is 35.0 Å². The lowest BCUT2D eigenvalue weighted by Crippen LogP contribution is -2.46. The lowest BCUT2D eigenvalue weighted by Gasteiger charge is -2.54. The van der Waals surface area contributed by atoms with E-state index < -0.39 is 0 Å². The fourth-order valence-electron chi connectivity index (χ4n) is 6.62. The van der Waals surface area contributed by atoms with Gasteiger partial charge in [-0.15, -0.1) is 0 Å². The van der Waals surface area contributed by atoms with Crippen LogP contribution in [-0.4, -0.2) is 5.11 Å². The first-order valence-electron chi connectivity index (χ1n) is 9.73. The highest BCUT2D eigenvalue weighted by Crippen LogP contribution is 2.64. The van der Waals surface area contributed by atoms with Crippen LogP contribution in [0.15, 0.2) is 18.2 Å². The number of rotatable bonds is 1. The molecule has 1 nitrogen and oxygen atoms in total. The molecule has 0 heterocycles. The maximum atomic E-state index is 9.94. The van der Waals surface area contributed by atoms with Gasteiger partial charge >= 0.3 is 0 Å². The topological polar surface area (TPSA) is 20.2 Å². The van der Waals surface area contributed by atoms with E-state index in [2.05, 4.69) is 33.8 Å². The molecule has 0 bridgehead atoms. The second-order valence-corrected chi connectivity index (χ2v) is 9.31. The minimum atomic E-state index is 0.444. The molecule has 0 aliphatic heterocycles. The Hall–Kier alpha value is -0.980. The van der Waals surface area contributed by atoms with Crippen LogP contribution in [-0.2, 0) is 6.42 Å². The first-order chi connectivity index (χ1) is 10.9. The minimum absolute atomic E-state index is 0.444. The summed E-state index contributed by atoms with van der Waals surface area (Å²) in [5.41, 5.74) is 3.56. The van der Waals surface area contributed by atoms with Gasteiger partial charge in [0.25, 0.3) is 0 Å². The summed E-state index contributed by atoms with van der Waals surface area (Å²) < 4.78 is 0. The lowest BCUT2D eigenvalue weighted by atomic mass is 9.50. The van der Waals surface area contributed by atoms with Gasteiger partial charge in [-0.2, -0.15) is 0 Å². The zero-order valence-electron chi connectivity index (χ0n) is 15.2. The van der Waals surface area contributed by atoms with Crippen LogP contribution < -0.4 is 0 Å². The van der Waals surface area contributed by atoms with Gasteiger partial charge in [0, 0.05) is 0 Å². The van der Waals surface area contributed by atoms with Crippen LogP contribution in [0.3, 0.4) is 0 Å². The smallest absolute Gasteiger partial charge is 0.115 e. The molecule has 2 saturated carbocycles. The van der Waals surface area contributed by atoms with Crippen molar-refractivity contribution < 1.29 is 5.11 Å². The molecule has 6 atom stereocenters. The number of phenols is 1. The summed E-state index contributed by atoms with van der Waals surface area (Å²) >= 11 is 0. The molecule has 3 aliphatic carbocycles. The molecule has 1 heteroatoms. The number of fused-ring (bicyclic) bond motifs is 5. The maximum absolute atomic E-state index is 9.94. The van der Waals surface area contributed by atoms with Crippen molar-refractivity contribution in [1.82, 2.24) is 0 Å². The fourth-order valence-corrected chi connectivity index (χ4v) is 6.62. The third kappa shape index (κ3) is 2.18. The SMILES string of the molecule is CC(C)[C@@H]1Cc2cc(O)ccc2[C@H]2CC[C@]3(C)[C@@H](C)CC[C@H]3[C@@H]21. The van der Waals surface area contributed by atoms with Gasteiger partial charge in [0.15, 0.2) is 0 Å². The van der Waals surface area contributed by atoms with E-state index in [9.17, 15) is 5.11 Å². The average Bonchev–Trinajstić information content (AvgIpc) is 2.81. The Kier molecular flexibility index (Phi) is 3.55. The van der Waals surface area contributed by atoms with Gasteiger partial charge < -0.3 is 5.11 Å². The molecule has 3 aliphatic rings. The van der Waals surface area contributed by atoms with Crippen molar-refractivity contribution in [2.75, 3.05) is 0 Å². The van der Waals surface area contributed by atoms with Gasteiger partial charge in [-0.3, -0.25) is 0 Å². The summed E-state index contributed by atoms with van der Waals surface area (Å²) in [6.45, 7) is 9.93. The van der Waals surface area contributed by atoms with Crippen LogP contribution in [0.4, 0.5) is 0 Å². The fraction of sp³-hybridized carbons (Fsp3) is 0.727. The number of benzene rings is 1. The van der Waals surface area contributed by atoms with Crippen molar-refractivity contribution in [1.29, 1.82) is 0 Å². The summed E-state index contributed by atoms with van der Waals surface area (Å²) in [7, 11) is 0. The Morgan fingerprint density at radius 3 is 2.70 bits per heavy atom. The molecule has 1 aromatic rings. The Morgan fingerprint density at radius 1 is 1.17 bits per heavy atom. The molecule has 0 spiro atoms. The summed E-state index contributed by atoms with van der Waals surface area (Å²) in [5, 5.41) is 9.94. The van der Waals surface area contributed by atoms with E-state index in [-0.39, 0.29) is 0 Å². The molecular formula is C22H32O. The molecular weight excluding hydrogens is 280 g/mol. The van der Waals surface area contributed by atoms with Crippen molar-refractivity contribution in [3.05, 3.63) is 29.3 Å². The predicted octanol–water partition coefficient (Wildman–Crippen LogP) is 5.77. The highest BCUT2D eigenvalue weighted by Gasteiger charge is 2.55. The van der Waals surface area contributed by atoms with Crippen molar-refractivity contribution >= 4 is 0 Å². The van der Waals surface area contributed by atoms with E-state index in [0.29, 0.717) is 11.2 Å². The Morgan fingerprint density at radius 2 is 1.96 bits per heavy atom. The van der Waals surface area contributed by atoms with Gasteiger partial charge in [-0.1, -0.05) is 33.8 Å². The molecule has 2 fully saturated rings. The van der Waals surface area contributed by atoms with Crippen LogP contribution in [0.25, 0.3) is 0 Å². The zero-order valence-corrected chi connectivity index (χ0v) is 15.2. The van der Waals surface area contributed by atoms with Crippen LogP contribution in [0.1, 0.15) is 70.4 Å². The summed E-state index contributed by atoms with van der Waals surface area (Å²) in [6, 6.07) is 6.20. The Labute approximate surface area is 141 Å². The quantitative estimate of drug-likeness (QED) is 0.698. The third-order valence-electron chi connectivity index (χ3n) is 8.14. The first kappa shape index (κ1) is 15.5. The van der Waals surface area contributed by atoms with E-state index in [1.165, 1.54) is 37.7 Å². The van der Waals surface area contributed by atoms with Gasteiger partial charge in [0.1, 0.15) is 5.75 Å². The first-order valence-corrected chi connectivity index (χ1v) is 9.73. The summed E-state index contributed by atoms with van der Waals surface area (Å²) in [6.07, 6.45) is 6.78. The molecule has 0 saturated heterocycles. The van der Waals surface area contributed by atoms with Crippen LogP contribution >= 0.6 is 0 Å². The minimum Gasteiger partial charge on any atom is -0.508 e. The summed E-state index contributed by atoms with van der Waals surface area (Å²) in [5.74, 6) is 5.35. The second kappa shape index (κ2) is 5.26. The largest absolute Gasteiger partial charge is 0.508 e. The van der Waals surface area contributed by atoms with Gasteiger partial charge in [-0.05, 0) is 96.3 Å². The molecule has 4 rings (SSSR count). The van der Waals surface area contributed by atoms with E-state index in [1.54, 1.807) is 5.56 Å². The normalized spacial score (nSPS) is 42.2. The number of hydrogen-bond acceptors (Lipinski definition) is 1. The predicted molar refractivity (Wildman–Crippen MR) is 95.6 cm³/mol. The van der Waals surface area contributed by atoms with Gasteiger partial charge in [0.2, 0.25) is 0 Å². The molecule has 23 heavy (non-hydrogen) atoms. The molecule has 1 aromatic carbocycles. The molecule has 0 unspecified atom stereocenters. The van der Waals surface area contributed by atoms with E-state index in [0.717, 1.165) is 35.5 Å². The van der Waals surface area contributed by atoms with Crippen LogP contribution in [0.2, 0.25) is 0 Å². The molecule has 1 N–H and O–H groups in total. The Balaban J connectivity index is 1.79. The number of aromatic hydroxyl groups is 1. The third-order valence-corrected chi connectivity index (χ3v) is 8.14. The number of phenolic OH excluding ortho intramolecular Hbond substituents is 1. The van der Waals surface area contributed by atoms with Gasteiger partial charge in [-0.25, -0.2) is 0 Å². The highest BCUT2D eigenvalue weighted by molar-refractivity contribution is 5.40. The van der Waals surface area contributed by atoms with Crippen molar-refractivity contribution in [2.45, 2.75) is 65.7 Å². The molecule has 0 aromatic heterocycles. The average molecular weight is 312 g/mol. The van der Waals surface area contributed by atoms with Crippen molar-refractivity contribution in [2.24, 2.45) is 35.0 Å². The van der Waals surface area contributed by atoms with E-state index in [1.807, 2.05) is 12.1 Å². The van der Waals surface area contributed by atoms with Crippen molar-refractivity contribution in [3.63, 3.8) is 0 Å².